The molecule has 3 atom stereocenters. The van der Waals surface area contributed by atoms with Crippen LogP contribution in [0.5, 0.6) is 0 Å². The first-order valence-corrected chi connectivity index (χ1v) is 10.1. The molecule has 1 unspecified atom stereocenters. The van der Waals surface area contributed by atoms with E-state index < -0.39 is 0 Å². The smallest absolute Gasteiger partial charge is 0.00215 e. The fourth-order valence-corrected chi connectivity index (χ4v) is 4.51. The van der Waals surface area contributed by atoms with Crippen LogP contribution in [0.15, 0.2) is 84.5 Å². The average molecular weight is 357 g/mol. The molecule has 0 N–H and O–H groups in total. The molecular weight excluding hydrogens is 324 g/mol. The van der Waals surface area contributed by atoms with Crippen molar-refractivity contribution in [2.75, 3.05) is 0 Å². The van der Waals surface area contributed by atoms with Crippen molar-refractivity contribution in [3.05, 3.63) is 101 Å². The van der Waals surface area contributed by atoms with Crippen molar-refractivity contribution in [3.8, 4) is 0 Å². The summed E-state index contributed by atoms with van der Waals surface area (Å²) in [6, 6.07) is 19.7. The molecule has 0 radical (unpaired) electrons. The topological polar surface area (TPSA) is 0 Å². The summed E-state index contributed by atoms with van der Waals surface area (Å²) in [4.78, 5) is 0. The molecule has 0 amide bonds. The van der Waals surface area contributed by atoms with Crippen molar-refractivity contribution in [1.29, 1.82) is 0 Å². The molecule has 0 bridgehead atoms. The van der Waals surface area contributed by atoms with Crippen molar-refractivity contribution in [3.63, 3.8) is 0 Å². The van der Waals surface area contributed by atoms with Gasteiger partial charge in [0, 0.05) is 0 Å². The van der Waals surface area contributed by atoms with E-state index in [-0.39, 0.29) is 0 Å². The van der Waals surface area contributed by atoms with Gasteiger partial charge in [-0.05, 0) is 80.6 Å². The Kier molecular flexibility index (Phi) is 6.16. The van der Waals surface area contributed by atoms with Gasteiger partial charge in [0.25, 0.3) is 0 Å². The fraction of sp³-hybridized carbons (Fsp3) is 0.333. The molecule has 0 fully saturated rings. The lowest BCUT2D eigenvalue weighted by atomic mass is 9.64. The van der Waals surface area contributed by atoms with E-state index in [1.54, 1.807) is 0 Å². The van der Waals surface area contributed by atoms with Gasteiger partial charge in [0.1, 0.15) is 0 Å². The number of benzene rings is 2. The van der Waals surface area contributed by atoms with Crippen LogP contribution in [0.1, 0.15) is 56.2 Å². The molecule has 140 valence electrons. The Labute approximate surface area is 165 Å². The third-order valence-electron chi connectivity index (χ3n) is 6.05. The Hall–Kier alpha value is -2.34. The molecule has 0 saturated carbocycles. The van der Waals surface area contributed by atoms with Gasteiger partial charge in [-0.3, -0.25) is 0 Å². The SMILES string of the molecule is C=C(c1ccccc1C)[C@H]1C(c2ccccc2)CC=C(C)[C@H]1CC=C(C)C. The Morgan fingerprint density at radius 3 is 2.33 bits per heavy atom. The van der Waals surface area contributed by atoms with E-state index >= 15 is 0 Å². The van der Waals surface area contributed by atoms with E-state index in [9.17, 15) is 0 Å². The molecule has 1 aliphatic carbocycles. The average Bonchev–Trinajstić information content (AvgIpc) is 2.67. The molecule has 0 saturated heterocycles. The minimum atomic E-state index is 0.425. The van der Waals surface area contributed by atoms with Gasteiger partial charge >= 0.3 is 0 Å². The minimum absolute atomic E-state index is 0.425. The zero-order valence-electron chi connectivity index (χ0n) is 17.2. The van der Waals surface area contributed by atoms with Crippen LogP contribution in [0.4, 0.5) is 0 Å². The van der Waals surface area contributed by atoms with Crippen molar-refractivity contribution >= 4 is 5.57 Å². The predicted molar refractivity (Wildman–Crippen MR) is 119 cm³/mol. The highest BCUT2D eigenvalue weighted by atomic mass is 14.4. The summed E-state index contributed by atoms with van der Waals surface area (Å²) in [5.41, 5.74) is 8.27. The van der Waals surface area contributed by atoms with Gasteiger partial charge in [-0.1, -0.05) is 84.5 Å². The van der Waals surface area contributed by atoms with E-state index in [1.807, 2.05) is 0 Å². The monoisotopic (exact) mass is 356 g/mol. The summed E-state index contributed by atoms with van der Waals surface area (Å²) >= 11 is 0. The molecule has 2 aromatic rings. The highest BCUT2D eigenvalue weighted by Gasteiger charge is 2.36. The Morgan fingerprint density at radius 2 is 1.67 bits per heavy atom. The summed E-state index contributed by atoms with van der Waals surface area (Å²) < 4.78 is 0. The molecule has 0 aliphatic heterocycles. The zero-order valence-corrected chi connectivity index (χ0v) is 17.2. The maximum Gasteiger partial charge on any atom is -0.00215 e. The second-order valence-corrected chi connectivity index (χ2v) is 8.19. The van der Waals surface area contributed by atoms with Gasteiger partial charge < -0.3 is 0 Å². The molecule has 0 aromatic heterocycles. The lowest BCUT2D eigenvalue weighted by Gasteiger charge is -2.40. The molecule has 0 heteroatoms. The maximum absolute atomic E-state index is 4.65. The van der Waals surface area contributed by atoms with E-state index in [1.165, 1.54) is 33.4 Å². The number of allylic oxidation sites excluding steroid dienone is 5. The van der Waals surface area contributed by atoms with Crippen LogP contribution in [0.2, 0.25) is 0 Å². The molecule has 0 nitrogen and oxygen atoms in total. The van der Waals surface area contributed by atoms with Crippen molar-refractivity contribution in [2.24, 2.45) is 11.8 Å². The molecule has 3 rings (SSSR count). The molecule has 0 spiro atoms. The van der Waals surface area contributed by atoms with E-state index in [2.05, 4.69) is 101 Å². The van der Waals surface area contributed by atoms with Crippen LogP contribution in [0.3, 0.4) is 0 Å². The summed E-state index contributed by atoms with van der Waals surface area (Å²) in [6.07, 6.45) is 7.04. The van der Waals surface area contributed by atoms with E-state index in [0.29, 0.717) is 17.8 Å². The van der Waals surface area contributed by atoms with Gasteiger partial charge in [-0.25, -0.2) is 0 Å². The van der Waals surface area contributed by atoms with Gasteiger partial charge in [0.15, 0.2) is 0 Å². The second-order valence-electron chi connectivity index (χ2n) is 8.19. The summed E-state index contributed by atoms with van der Waals surface area (Å²) in [7, 11) is 0. The molecule has 0 heterocycles. The number of hydrogen-bond donors (Lipinski definition) is 0. The first kappa shape index (κ1) is 19.4. The lowest BCUT2D eigenvalue weighted by Crippen LogP contribution is -2.27. The molecule has 1 aliphatic rings. The first-order chi connectivity index (χ1) is 13.0. The summed E-state index contributed by atoms with van der Waals surface area (Å²) in [6.45, 7) is 13.6. The van der Waals surface area contributed by atoms with Crippen LogP contribution < -0.4 is 0 Å². The Bertz CT molecular complexity index is 847. The van der Waals surface area contributed by atoms with Crippen LogP contribution in [0, 0.1) is 18.8 Å². The van der Waals surface area contributed by atoms with E-state index in [0.717, 1.165) is 12.8 Å². The molecule has 2 aromatic carbocycles. The van der Waals surface area contributed by atoms with Gasteiger partial charge in [-0.15, -0.1) is 0 Å². The number of hydrogen-bond acceptors (Lipinski definition) is 0. The van der Waals surface area contributed by atoms with E-state index in [4.69, 9.17) is 0 Å². The predicted octanol–water partition coefficient (Wildman–Crippen LogP) is 7.73. The minimum Gasteiger partial charge on any atom is -0.0949 e. The standard InChI is InChI=1S/C27H32/c1-19(2)15-17-25-21(4)16-18-26(23-12-7-6-8-13-23)27(25)22(5)24-14-10-9-11-20(24)3/h6-16,25-27H,5,17-18H2,1-4H3/t25-,26?,27-/m1/s1. The highest BCUT2D eigenvalue weighted by molar-refractivity contribution is 5.70. The van der Waals surface area contributed by atoms with Crippen molar-refractivity contribution in [2.45, 2.75) is 46.5 Å². The van der Waals surface area contributed by atoms with Crippen molar-refractivity contribution in [1.82, 2.24) is 0 Å². The summed E-state index contributed by atoms with van der Waals surface area (Å²) in [5, 5.41) is 0. The van der Waals surface area contributed by atoms with Gasteiger partial charge in [-0.2, -0.15) is 0 Å². The highest BCUT2D eigenvalue weighted by Crippen LogP contribution is 2.49. The van der Waals surface area contributed by atoms with Crippen LogP contribution in [-0.4, -0.2) is 0 Å². The lowest BCUT2D eigenvalue weighted by molar-refractivity contribution is 0.372. The van der Waals surface area contributed by atoms with Crippen LogP contribution in [0.25, 0.3) is 5.57 Å². The number of aryl methyl sites for hydroxylation is 1. The zero-order chi connectivity index (χ0) is 19.4. The van der Waals surface area contributed by atoms with Crippen LogP contribution >= 0.6 is 0 Å². The van der Waals surface area contributed by atoms with Crippen LogP contribution in [-0.2, 0) is 0 Å². The fourth-order valence-electron chi connectivity index (χ4n) is 4.51. The van der Waals surface area contributed by atoms with Gasteiger partial charge in [0.2, 0.25) is 0 Å². The molecule has 27 heavy (non-hydrogen) atoms. The quantitative estimate of drug-likeness (QED) is 0.481. The Morgan fingerprint density at radius 1 is 1.00 bits per heavy atom. The largest absolute Gasteiger partial charge is 0.0949 e. The second kappa shape index (κ2) is 8.57. The third-order valence-corrected chi connectivity index (χ3v) is 6.05. The first-order valence-electron chi connectivity index (χ1n) is 10.1. The maximum atomic E-state index is 4.65. The van der Waals surface area contributed by atoms with Gasteiger partial charge in [0.05, 0.1) is 0 Å². The number of rotatable bonds is 5. The van der Waals surface area contributed by atoms with Crippen molar-refractivity contribution < 1.29 is 0 Å². The molecular formula is C27H32. The Balaban J connectivity index is 2.07. The third kappa shape index (κ3) is 4.33. The normalized spacial score (nSPS) is 22.1. The summed E-state index contributed by atoms with van der Waals surface area (Å²) in [5.74, 6) is 1.41.